The normalized spacial score (nSPS) is 23.5. The number of nitrogens with zero attached hydrogens (tertiary/aromatic N) is 7. The molecule has 2 unspecified atom stereocenters. The number of hydrogen-bond donors (Lipinski definition) is 1. The Balaban J connectivity index is 1.13. The number of nitrogen functional groups attached to an aromatic ring is 1. The van der Waals surface area contributed by atoms with E-state index in [1.54, 1.807) is 17.6 Å². The van der Waals surface area contributed by atoms with Gasteiger partial charge in [-0.3, -0.25) is 9.80 Å². The number of hydrogen-bond acceptors (Lipinski definition) is 11. The number of likely N-dealkylation sites (tertiary alicyclic amines) is 1. The third-order valence-electron chi connectivity index (χ3n) is 11.0. The molecule has 7 rings (SSSR count). The summed E-state index contributed by atoms with van der Waals surface area (Å²) in [5.41, 5.74) is 10.1. The molecule has 0 radical (unpaired) electrons. The Labute approximate surface area is 276 Å². The highest BCUT2D eigenvalue weighted by atomic mass is 32.1. The van der Waals surface area contributed by atoms with Crippen molar-refractivity contribution in [2.45, 2.75) is 115 Å². The Kier molecular flexibility index (Phi) is 8.72. The van der Waals surface area contributed by atoms with Crippen LogP contribution >= 0.6 is 11.3 Å². The number of aryl methyl sites for hydroxylation is 2. The predicted octanol–water partition coefficient (Wildman–Crippen LogP) is 6.01. The fourth-order valence-electron chi connectivity index (χ4n) is 8.46. The van der Waals surface area contributed by atoms with Gasteiger partial charge < -0.3 is 19.9 Å². The molecule has 46 heavy (non-hydrogen) atoms. The second-order valence-electron chi connectivity index (χ2n) is 14.3. The van der Waals surface area contributed by atoms with Crippen LogP contribution in [0.4, 0.5) is 10.8 Å². The number of fused-ring (bicyclic) bond motifs is 1. The first-order chi connectivity index (χ1) is 22.3. The van der Waals surface area contributed by atoms with E-state index in [2.05, 4.69) is 53.7 Å². The minimum Gasteiger partial charge on any atom is -0.473 e. The summed E-state index contributed by atoms with van der Waals surface area (Å²) in [6.07, 6.45) is 12.6. The molecule has 3 fully saturated rings. The van der Waals surface area contributed by atoms with Crippen molar-refractivity contribution in [2.75, 3.05) is 43.9 Å². The maximum absolute atomic E-state index is 9.78. The number of likely N-dealkylation sites (N-methyl/N-ethyl adjacent to an activating group) is 1. The van der Waals surface area contributed by atoms with Crippen molar-refractivity contribution in [3.05, 3.63) is 33.9 Å². The summed E-state index contributed by atoms with van der Waals surface area (Å²) in [6.45, 7) is 10.8. The molecule has 2 saturated heterocycles. The second kappa shape index (κ2) is 12.8. The molecule has 3 aromatic heterocycles. The Morgan fingerprint density at radius 2 is 2.02 bits per heavy atom. The zero-order chi connectivity index (χ0) is 32.0. The average Bonchev–Trinajstić information content (AvgIpc) is 3.35. The number of rotatable bonds is 10. The number of nitriles is 1. The van der Waals surface area contributed by atoms with Gasteiger partial charge in [0.2, 0.25) is 5.88 Å². The fraction of sp³-hybridized carbons (Fsp3) is 0.657. The van der Waals surface area contributed by atoms with Gasteiger partial charge >= 0.3 is 0 Å². The van der Waals surface area contributed by atoms with Crippen LogP contribution in [0.3, 0.4) is 0 Å². The number of nitrogens with two attached hydrogens (primary N) is 1. The van der Waals surface area contributed by atoms with E-state index in [1.165, 1.54) is 29.7 Å². The lowest BCUT2D eigenvalue weighted by Gasteiger charge is -2.44. The average molecular weight is 645 g/mol. The predicted molar refractivity (Wildman–Crippen MR) is 181 cm³/mol. The van der Waals surface area contributed by atoms with Gasteiger partial charge in [0.05, 0.1) is 5.56 Å². The largest absolute Gasteiger partial charge is 0.473 e. The van der Waals surface area contributed by atoms with Gasteiger partial charge in [0, 0.05) is 53.8 Å². The van der Waals surface area contributed by atoms with Crippen LogP contribution < -0.4 is 15.4 Å². The van der Waals surface area contributed by atoms with Crippen LogP contribution in [0.5, 0.6) is 5.88 Å². The van der Waals surface area contributed by atoms with Gasteiger partial charge in [0.25, 0.3) is 0 Å². The minimum absolute atomic E-state index is 0.0114. The van der Waals surface area contributed by atoms with E-state index in [1.807, 2.05) is 6.07 Å². The molecule has 1 saturated carbocycles. The molecule has 11 heteroatoms. The van der Waals surface area contributed by atoms with E-state index in [0.717, 1.165) is 82.5 Å². The van der Waals surface area contributed by atoms with Crippen LogP contribution in [0.1, 0.15) is 99.6 Å². The third kappa shape index (κ3) is 6.00. The van der Waals surface area contributed by atoms with Gasteiger partial charge in [-0.1, -0.05) is 5.16 Å². The van der Waals surface area contributed by atoms with E-state index >= 15 is 0 Å². The van der Waals surface area contributed by atoms with E-state index in [-0.39, 0.29) is 11.6 Å². The van der Waals surface area contributed by atoms with Crippen LogP contribution in [0, 0.1) is 11.3 Å². The monoisotopic (exact) mass is 644 g/mol. The Morgan fingerprint density at radius 1 is 1.17 bits per heavy atom. The Morgan fingerprint density at radius 3 is 2.76 bits per heavy atom. The number of anilines is 2. The minimum atomic E-state index is 0.0114. The third-order valence-corrected chi connectivity index (χ3v) is 12.1. The van der Waals surface area contributed by atoms with Gasteiger partial charge in [-0.2, -0.15) is 10.2 Å². The first-order valence-electron chi connectivity index (χ1n) is 17.3. The molecule has 0 amide bonds. The summed E-state index contributed by atoms with van der Waals surface area (Å²) in [6, 6.07) is 5.32. The SMILES string of the molecule is CC(C)N1CCN(c2cc(O[C@@H](C)C3CCCN3C)nc(-c3nocc3CCCC3CCCc4sc(N)c(C#N)c43)n2)CC12CC2. The van der Waals surface area contributed by atoms with Gasteiger partial charge in [-0.05, 0) is 110 Å². The van der Waals surface area contributed by atoms with Crippen molar-refractivity contribution in [3.8, 4) is 23.5 Å². The molecule has 246 valence electrons. The molecule has 1 spiro atoms. The molecule has 2 aliphatic carbocycles. The molecule has 2 aliphatic heterocycles. The van der Waals surface area contributed by atoms with Crippen LogP contribution in [-0.2, 0) is 12.8 Å². The van der Waals surface area contributed by atoms with Crippen LogP contribution in [0.25, 0.3) is 11.5 Å². The molecule has 0 bridgehead atoms. The smallest absolute Gasteiger partial charge is 0.219 e. The highest BCUT2D eigenvalue weighted by molar-refractivity contribution is 7.16. The fourth-order valence-corrected chi connectivity index (χ4v) is 9.61. The number of ether oxygens (including phenoxy) is 1. The zero-order valence-electron chi connectivity index (χ0n) is 27.8. The van der Waals surface area contributed by atoms with Crippen LogP contribution in [0.2, 0.25) is 0 Å². The van der Waals surface area contributed by atoms with Gasteiger partial charge in [-0.15, -0.1) is 11.3 Å². The number of piperazine rings is 1. The van der Waals surface area contributed by atoms with E-state index in [0.29, 0.717) is 46.0 Å². The van der Waals surface area contributed by atoms with Crippen molar-refractivity contribution >= 4 is 22.2 Å². The number of thiophene rings is 1. The molecule has 5 heterocycles. The maximum atomic E-state index is 9.78. The van der Waals surface area contributed by atoms with E-state index < -0.39 is 0 Å². The lowest BCUT2D eigenvalue weighted by molar-refractivity contribution is 0.115. The summed E-state index contributed by atoms with van der Waals surface area (Å²) in [5.74, 6) is 2.44. The summed E-state index contributed by atoms with van der Waals surface area (Å²) < 4.78 is 12.2. The summed E-state index contributed by atoms with van der Waals surface area (Å²) in [7, 11) is 2.18. The topological polar surface area (TPSA) is 121 Å². The highest BCUT2D eigenvalue weighted by Crippen LogP contribution is 2.46. The molecule has 4 aliphatic rings. The van der Waals surface area contributed by atoms with Crippen molar-refractivity contribution in [3.63, 3.8) is 0 Å². The molecule has 3 aromatic rings. The van der Waals surface area contributed by atoms with Crippen molar-refractivity contribution in [1.82, 2.24) is 24.9 Å². The summed E-state index contributed by atoms with van der Waals surface area (Å²) >= 11 is 1.60. The molecule has 3 atom stereocenters. The highest BCUT2D eigenvalue weighted by Gasteiger charge is 2.52. The number of aromatic nitrogens is 3. The lowest BCUT2D eigenvalue weighted by Crippen LogP contribution is -2.57. The molecule has 2 N–H and O–H groups in total. The standard InChI is InChI=1S/C35H48N8O2S/c1-22(2)43-17-16-42(21-35(43)13-14-35)29-18-30(45-23(3)27-11-7-15-41(27)4)39-34(38-29)32-25(20-44-40-32)10-5-8-24-9-6-12-28-31(24)26(19-36)33(37)46-28/h18,20,22-24,27H,5-17,21,37H2,1-4H3/t23-,24?,27?/m0/s1. The van der Waals surface area contributed by atoms with Gasteiger partial charge in [-0.25, -0.2) is 4.98 Å². The summed E-state index contributed by atoms with van der Waals surface area (Å²) in [5, 5.41) is 14.9. The van der Waals surface area contributed by atoms with Gasteiger partial charge in [0.1, 0.15) is 29.3 Å². The van der Waals surface area contributed by atoms with E-state index in [9.17, 15) is 5.26 Å². The molecular formula is C35H48N8O2S. The zero-order valence-corrected chi connectivity index (χ0v) is 28.6. The lowest BCUT2D eigenvalue weighted by atomic mass is 9.82. The maximum Gasteiger partial charge on any atom is 0.219 e. The quantitative estimate of drug-likeness (QED) is 0.281. The van der Waals surface area contributed by atoms with Crippen molar-refractivity contribution in [2.24, 2.45) is 0 Å². The molecular weight excluding hydrogens is 597 g/mol. The first kappa shape index (κ1) is 31.4. The van der Waals surface area contributed by atoms with Crippen molar-refractivity contribution < 1.29 is 9.26 Å². The Hall–Kier alpha value is -3.20. The van der Waals surface area contributed by atoms with Crippen LogP contribution in [-0.4, -0.2) is 81.9 Å². The first-order valence-corrected chi connectivity index (χ1v) is 18.1. The van der Waals surface area contributed by atoms with Crippen molar-refractivity contribution in [1.29, 1.82) is 5.26 Å². The second-order valence-corrected chi connectivity index (χ2v) is 15.4. The van der Waals surface area contributed by atoms with E-state index in [4.69, 9.17) is 25.0 Å². The summed E-state index contributed by atoms with van der Waals surface area (Å²) in [4.78, 5) is 18.9. The Bertz CT molecular complexity index is 1590. The molecule has 0 aromatic carbocycles. The van der Waals surface area contributed by atoms with Crippen LogP contribution in [0.15, 0.2) is 16.9 Å². The van der Waals surface area contributed by atoms with Gasteiger partial charge in [0.15, 0.2) is 11.5 Å². The molecule has 10 nitrogen and oxygen atoms in total.